The molecule has 2 fully saturated rings. The normalized spacial score (nSPS) is 22.9. The minimum Gasteiger partial charge on any atom is -0.341 e. The van der Waals surface area contributed by atoms with Crippen LogP contribution in [0.25, 0.3) is 0 Å². The van der Waals surface area contributed by atoms with Crippen LogP contribution in [-0.2, 0) is 9.59 Å². The highest BCUT2D eigenvalue weighted by molar-refractivity contribution is 6.21. The Balaban J connectivity index is 1.61. The zero-order valence-corrected chi connectivity index (χ0v) is 15.0. The zero-order valence-electron chi connectivity index (χ0n) is 15.0. The van der Waals surface area contributed by atoms with Crippen LogP contribution in [0, 0.1) is 11.6 Å². The molecule has 7 nitrogen and oxygen atoms in total. The van der Waals surface area contributed by atoms with Crippen LogP contribution in [0.4, 0.5) is 19.3 Å². The van der Waals surface area contributed by atoms with Crippen molar-refractivity contribution in [2.75, 3.05) is 25.0 Å². The maximum atomic E-state index is 13.9. The molecule has 2 heterocycles. The molecule has 2 unspecified atom stereocenters. The molecule has 2 aliphatic heterocycles. The topological polar surface area (TPSA) is 81.8 Å². The first-order valence-corrected chi connectivity index (χ1v) is 8.95. The lowest BCUT2D eigenvalue weighted by Crippen LogP contribution is -2.47. The molecule has 2 N–H and O–H groups in total. The summed E-state index contributed by atoms with van der Waals surface area (Å²) in [7, 11) is 1.86. The number of carbonyl (C=O) groups is 3. The molecule has 1 aromatic carbocycles. The predicted molar refractivity (Wildman–Crippen MR) is 94.1 cm³/mol. The van der Waals surface area contributed by atoms with Crippen molar-refractivity contribution in [3.8, 4) is 0 Å². The molecule has 9 heteroatoms. The molecule has 2 aliphatic rings. The number of imide groups is 1. The van der Waals surface area contributed by atoms with E-state index in [-0.39, 0.29) is 30.5 Å². The number of hydrogen-bond acceptors (Lipinski definition) is 4. The van der Waals surface area contributed by atoms with E-state index in [0.29, 0.717) is 24.1 Å². The highest BCUT2D eigenvalue weighted by Gasteiger charge is 2.40. The Bertz CT molecular complexity index is 758. The number of carbonyl (C=O) groups excluding carboxylic acids is 3. The second-order valence-electron chi connectivity index (χ2n) is 6.78. The Morgan fingerprint density at radius 2 is 2.11 bits per heavy atom. The first-order chi connectivity index (χ1) is 12.9. The van der Waals surface area contributed by atoms with Gasteiger partial charge in [-0.25, -0.2) is 18.5 Å². The number of piperidine rings is 1. The van der Waals surface area contributed by atoms with Crippen molar-refractivity contribution >= 4 is 23.5 Å². The van der Waals surface area contributed by atoms with E-state index in [1.54, 1.807) is 4.90 Å². The van der Waals surface area contributed by atoms with Crippen LogP contribution in [0.2, 0.25) is 0 Å². The average Bonchev–Trinajstić information content (AvgIpc) is 2.93. The smallest absolute Gasteiger partial charge is 0.329 e. The number of likely N-dealkylation sites (N-methyl/N-ethyl adjacent to an activating group) is 1. The van der Waals surface area contributed by atoms with Gasteiger partial charge in [0.15, 0.2) is 0 Å². The van der Waals surface area contributed by atoms with Gasteiger partial charge >= 0.3 is 6.03 Å². The summed E-state index contributed by atoms with van der Waals surface area (Å²) >= 11 is 0. The van der Waals surface area contributed by atoms with Crippen LogP contribution in [0.3, 0.4) is 0 Å². The Labute approximate surface area is 155 Å². The Morgan fingerprint density at radius 3 is 2.81 bits per heavy atom. The van der Waals surface area contributed by atoms with Gasteiger partial charge in [-0.05, 0) is 38.4 Å². The van der Waals surface area contributed by atoms with Crippen LogP contribution >= 0.6 is 0 Å². The number of nitrogens with zero attached hydrogens (tertiary/aromatic N) is 2. The largest absolute Gasteiger partial charge is 0.341 e. The summed E-state index contributed by atoms with van der Waals surface area (Å²) in [6.07, 6.45) is 2.15. The molecule has 0 aromatic heterocycles. The van der Waals surface area contributed by atoms with Gasteiger partial charge in [0.05, 0.1) is 5.69 Å². The van der Waals surface area contributed by atoms with Crippen molar-refractivity contribution in [1.82, 2.24) is 15.5 Å². The number of hydrogen-bond donors (Lipinski definition) is 2. The van der Waals surface area contributed by atoms with E-state index in [1.807, 2.05) is 7.05 Å². The summed E-state index contributed by atoms with van der Waals surface area (Å²) in [6, 6.07) is 1.20. The van der Waals surface area contributed by atoms with E-state index in [0.717, 1.165) is 25.0 Å². The van der Waals surface area contributed by atoms with Crippen molar-refractivity contribution in [2.45, 2.75) is 37.8 Å². The molecular weight excluding hydrogens is 358 g/mol. The summed E-state index contributed by atoms with van der Waals surface area (Å²) in [5.74, 6) is -2.53. The number of benzene rings is 1. The summed E-state index contributed by atoms with van der Waals surface area (Å²) in [5.41, 5.74) is -0.305. The third-order valence-corrected chi connectivity index (χ3v) is 5.00. The molecule has 0 aliphatic carbocycles. The third-order valence-electron chi connectivity index (χ3n) is 5.00. The van der Waals surface area contributed by atoms with Gasteiger partial charge < -0.3 is 15.5 Å². The molecule has 2 atom stereocenters. The maximum absolute atomic E-state index is 13.9. The SMILES string of the molecule is CNC1CCCN(C(=O)CCC2NC(=O)N(c3ccc(F)cc3F)C2=O)C1. The number of urea groups is 1. The molecule has 2 saturated heterocycles. The monoisotopic (exact) mass is 380 g/mol. The number of halogens is 2. The lowest BCUT2D eigenvalue weighted by atomic mass is 10.0. The number of likely N-dealkylation sites (tertiary alicyclic amines) is 1. The van der Waals surface area contributed by atoms with Gasteiger partial charge in [-0.1, -0.05) is 0 Å². The second kappa shape index (κ2) is 7.99. The van der Waals surface area contributed by atoms with Crippen LogP contribution in [0.5, 0.6) is 0 Å². The van der Waals surface area contributed by atoms with E-state index in [9.17, 15) is 23.2 Å². The molecular formula is C18H22F2N4O3. The number of rotatable bonds is 5. The quantitative estimate of drug-likeness (QED) is 0.757. The van der Waals surface area contributed by atoms with Crippen molar-refractivity contribution in [3.05, 3.63) is 29.8 Å². The van der Waals surface area contributed by atoms with Gasteiger partial charge in [-0.3, -0.25) is 9.59 Å². The van der Waals surface area contributed by atoms with Crippen molar-refractivity contribution in [3.63, 3.8) is 0 Å². The second-order valence-corrected chi connectivity index (χ2v) is 6.78. The molecule has 146 valence electrons. The van der Waals surface area contributed by atoms with Gasteiger partial charge in [0.2, 0.25) is 5.91 Å². The Hall–Kier alpha value is -2.55. The first-order valence-electron chi connectivity index (χ1n) is 8.95. The van der Waals surface area contributed by atoms with E-state index < -0.39 is 29.6 Å². The lowest BCUT2D eigenvalue weighted by Gasteiger charge is -2.32. The fraction of sp³-hybridized carbons (Fsp3) is 0.500. The lowest BCUT2D eigenvalue weighted by molar-refractivity contribution is -0.132. The number of anilines is 1. The summed E-state index contributed by atoms with van der Waals surface area (Å²) < 4.78 is 27.0. The summed E-state index contributed by atoms with van der Waals surface area (Å²) in [6.45, 7) is 1.29. The highest BCUT2D eigenvalue weighted by Crippen LogP contribution is 2.25. The summed E-state index contributed by atoms with van der Waals surface area (Å²) in [4.78, 5) is 39.4. The van der Waals surface area contributed by atoms with Gasteiger partial charge in [0.25, 0.3) is 5.91 Å². The Morgan fingerprint density at radius 1 is 1.33 bits per heavy atom. The number of amides is 4. The molecule has 0 spiro atoms. The van der Waals surface area contributed by atoms with Gasteiger partial charge in [0, 0.05) is 31.6 Å². The van der Waals surface area contributed by atoms with E-state index >= 15 is 0 Å². The molecule has 4 amide bonds. The van der Waals surface area contributed by atoms with Gasteiger partial charge in [-0.15, -0.1) is 0 Å². The molecule has 27 heavy (non-hydrogen) atoms. The van der Waals surface area contributed by atoms with Crippen molar-refractivity contribution in [2.24, 2.45) is 0 Å². The fourth-order valence-electron chi connectivity index (χ4n) is 3.48. The van der Waals surface area contributed by atoms with E-state index in [1.165, 1.54) is 0 Å². The van der Waals surface area contributed by atoms with Crippen molar-refractivity contribution in [1.29, 1.82) is 0 Å². The molecule has 0 saturated carbocycles. The minimum atomic E-state index is -0.998. The summed E-state index contributed by atoms with van der Waals surface area (Å²) in [5, 5.41) is 5.62. The predicted octanol–water partition coefficient (Wildman–Crippen LogP) is 1.38. The van der Waals surface area contributed by atoms with E-state index in [2.05, 4.69) is 10.6 Å². The van der Waals surface area contributed by atoms with Crippen LogP contribution in [0.1, 0.15) is 25.7 Å². The fourth-order valence-corrected chi connectivity index (χ4v) is 3.48. The van der Waals surface area contributed by atoms with Crippen molar-refractivity contribution < 1.29 is 23.2 Å². The van der Waals surface area contributed by atoms with Gasteiger partial charge in [0.1, 0.15) is 17.7 Å². The standard InChI is InChI=1S/C18H22F2N4O3/c1-21-12-3-2-8-23(10-12)16(25)7-5-14-17(26)24(18(27)22-14)15-6-4-11(19)9-13(15)20/h4,6,9,12,14,21H,2-3,5,7-8,10H2,1H3,(H,22,27). The average molecular weight is 380 g/mol. The van der Waals surface area contributed by atoms with E-state index in [4.69, 9.17) is 0 Å². The Kier molecular flexibility index (Phi) is 5.69. The molecule has 0 bridgehead atoms. The zero-order chi connectivity index (χ0) is 19.6. The maximum Gasteiger partial charge on any atom is 0.329 e. The van der Waals surface area contributed by atoms with Gasteiger partial charge in [-0.2, -0.15) is 0 Å². The minimum absolute atomic E-state index is 0.0802. The van der Waals surface area contributed by atoms with Crippen LogP contribution in [0.15, 0.2) is 18.2 Å². The van der Waals surface area contributed by atoms with Crippen LogP contribution < -0.4 is 15.5 Å². The molecule has 3 rings (SSSR count). The third kappa shape index (κ3) is 4.08. The first kappa shape index (κ1) is 19.2. The highest BCUT2D eigenvalue weighted by atomic mass is 19.1. The molecule has 1 aromatic rings. The number of nitrogens with one attached hydrogen (secondary N) is 2. The van der Waals surface area contributed by atoms with Crippen LogP contribution in [-0.4, -0.2) is 55.0 Å². The molecule has 0 radical (unpaired) electrons.